The highest BCUT2D eigenvalue weighted by Gasteiger charge is 2.51. The lowest BCUT2D eigenvalue weighted by atomic mass is 9.80. The second kappa shape index (κ2) is 4.94. The number of carbonyl (C=O) groups is 2. The molecule has 2 atom stereocenters. The number of likely N-dealkylation sites (tertiary alicyclic amines) is 1. The van der Waals surface area contributed by atoms with Gasteiger partial charge in [0.2, 0.25) is 11.8 Å². The van der Waals surface area contributed by atoms with Crippen LogP contribution in [-0.4, -0.2) is 33.7 Å². The highest BCUT2D eigenvalue weighted by Crippen LogP contribution is 2.40. The van der Waals surface area contributed by atoms with Crippen LogP contribution in [0, 0.1) is 11.8 Å². The summed E-state index contributed by atoms with van der Waals surface area (Å²) in [6.07, 6.45) is 7.08. The number of hydrogen-bond donors (Lipinski definition) is 1. The molecule has 0 unspecified atom stereocenters. The number of oxime groups is 1. The molecule has 1 saturated heterocycles. The van der Waals surface area contributed by atoms with Gasteiger partial charge in [-0.3, -0.25) is 14.5 Å². The topological polar surface area (TPSA) is 70.0 Å². The van der Waals surface area contributed by atoms with Crippen molar-refractivity contribution in [3.63, 3.8) is 0 Å². The molecule has 1 heterocycles. The van der Waals surface area contributed by atoms with Crippen molar-refractivity contribution in [1.82, 2.24) is 4.90 Å². The van der Waals surface area contributed by atoms with Gasteiger partial charge >= 0.3 is 0 Å². The fourth-order valence-electron chi connectivity index (χ4n) is 3.83. The van der Waals surface area contributed by atoms with Crippen LogP contribution in [0.15, 0.2) is 5.16 Å². The summed E-state index contributed by atoms with van der Waals surface area (Å²) in [5, 5.41) is 12.1. The third-order valence-corrected chi connectivity index (χ3v) is 4.88. The first kappa shape index (κ1) is 12.6. The van der Waals surface area contributed by atoms with Crippen LogP contribution in [-0.2, 0) is 9.59 Å². The van der Waals surface area contributed by atoms with Crippen LogP contribution in [0.25, 0.3) is 0 Å². The van der Waals surface area contributed by atoms with Gasteiger partial charge in [0, 0.05) is 12.5 Å². The van der Waals surface area contributed by atoms with Crippen molar-refractivity contribution in [3.8, 4) is 0 Å². The SMILES string of the molecule is O=C1[C@H]2CC/C(=N/O)C[C@@H]2C(=O)N1C1CCCCC1. The number of hydrogen-bond acceptors (Lipinski definition) is 4. The molecule has 1 aliphatic heterocycles. The average Bonchev–Trinajstić information content (AvgIpc) is 2.71. The Morgan fingerprint density at radius 2 is 1.68 bits per heavy atom. The lowest BCUT2D eigenvalue weighted by molar-refractivity contribution is -0.143. The Hall–Kier alpha value is -1.39. The van der Waals surface area contributed by atoms with Gasteiger partial charge in [-0.05, 0) is 25.7 Å². The molecule has 3 rings (SSSR count). The van der Waals surface area contributed by atoms with E-state index in [1.54, 1.807) is 4.90 Å². The molecule has 5 heteroatoms. The quantitative estimate of drug-likeness (QED) is 0.447. The third kappa shape index (κ3) is 2.05. The number of imide groups is 1. The standard InChI is InChI=1S/C14H20N2O3/c17-13-11-7-6-9(15-19)8-12(11)14(18)16(13)10-4-2-1-3-5-10/h10-12,19H,1-8H2/b15-9-/t11-,12-/m0/s1. The first-order valence-corrected chi connectivity index (χ1v) is 7.29. The third-order valence-electron chi connectivity index (χ3n) is 4.88. The van der Waals surface area contributed by atoms with Crippen molar-refractivity contribution in [2.75, 3.05) is 0 Å². The van der Waals surface area contributed by atoms with E-state index in [1.807, 2.05) is 0 Å². The van der Waals surface area contributed by atoms with E-state index in [2.05, 4.69) is 5.16 Å². The number of carbonyl (C=O) groups excluding carboxylic acids is 2. The molecular formula is C14H20N2O3. The maximum atomic E-state index is 12.5. The molecule has 5 nitrogen and oxygen atoms in total. The van der Waals surface area contributed by atoms with E-state index >= 15 is 0 Å². The van der Waals surface area contributed by atoms with Crippen molar-refractivity contribution in [2.24, 2.45) is 17.0 Å². The van der Waals surface area contributed by atoms with Gasteiger partial charge in [-0.2, -0.15) is 0 Å². The second-order valence-electron chi connectivity index (χ2n) is 5.96. The van der Waals surface area contributed by atoms with Crippen LogP contribution in [0.4, 0.5) is 0 Å². The molecule has 0 aromatic carbocycles. The highest BCUT2D eigenvalue weighted by atomic mass is 16.4. The Balaban J connectivity index is 1.80. The van der Waals surface area contributed by atoms with E-state index in [-0.39, 0.29) is 29.7 Å². The van der Waals surface area contributed by atoms with Gasteiger partial charge in [0.1, 0.15) is 0 Å². The minimum Gasteiger partial charge on any atom is -0.411 e. The van der Waals surface area contributed by atoms with Crippen LogP contribution >= 0.6 is 0 Å². The van der Waals surface area contributed by atoms with Crippen molar-refractivity contribution in [1.29, 1.82) is 0 Å². The summed E-state index contributed by atoms with van der Waals surface area (Å²) in [7, 11) is 0. The molecule has 104 valence electrons. The van der Waals surface area contributed by atoms with Crippen LogP contribution in [0.3, 0.4) is 0 Å². The molecule has 19 heavy (non-hydrogen) atoms. The van der Waals surface area contributed by atoms with Gasteiger partial charge in [-0.15, -0.1) is 0 Å². The summed E-state index contributed by atoms with van der Waals surface area (Å²) in [5.74, 6) is -0.435. The summed E-state index contributed by atoms with van der Waals surface area (Å²) in [5.41, 5.74) is 0.660. The molecule has 0 radical (unpaired) electrons. The van der Waals surface area contributed by atoms with Crippen LogP contribution in [0.2, 0.25) is 0 Å². The van der Waals surface area contributed by atoms with E-state index in [4.69, 9.17) is 5.21 Å². The maximum Gasteiger partial charge on any atom is 0.233 e. The van der Waals surface area contributed by atoms with E-state index in [9.17, 15) is 9.59 Å². The summed E-state index contributed by atoms with van der Waals surface area (Å²) < 4.78 is 0. The van der Waals surface area contributed by atoms with Crippen molar-refractivity contribution < 1.29 is 14.8 Å². The number of nitrogens with zero attached hydrogens (tertiary/aromatic N) is 2. The van der Waals surface area contributed by atoms with E-state index in [1.165, 1.54) is 6.42 Å². The molecule has 0 bridgehead atoms. The molecular weight excluding hydrogens is 244 g/mol. The van der Waals surface area contributed by atoms with Gasteiger partial charge < -0.3 is 5.21 Å². The largest absolute Gasteiger partial charge is 0.411 e. The Kier molecular flexibility index (Phi) is 3.29. The zero-order valence-electron chi connectivity index (χ0n) is 11.0. The van der Waals surface area contributed by atoms with E-state index in [0.717, 1.165) is 25.7 Å². The molecule has 2 saturated carbocycles. The summed E-state index contributed by atoms with van der Waals surface area (Å²) in [4.78, 5) is 26.5. The monoisotopic (exact) mass is 264 g/mol. The number of rotatable bonds is 1. The Labute approximate surface area is 112 Å². The minimum atomic E-state index is -0.269. The van der Waals surface area contributed by atoms with Gasteiger partial charge in [-0.25, -0.2) is 0 Å². The van der Waals surface area contributed by atoms with Gasteiger partial charge in [0.05, 0.1) is 17.5 Å². The van der Waals surface area contributed by atoms with Crippen molar-refractivity contribution in [2.45, 2.75) is 57.4 Å². The predicted octanol–water partition coefficient (Wildman–Crippen LogP) is 1.93. The van der Waals surface area contributed by atoms with Crippen molar-refractivity contribution in [3.05, 3.63) is 0 Å². The first-order valence-electron chi connectivity index (χ1n) is 7.29. The maximum absolute atomic E-state index is 12.5. The Bertz CT molecular complexity index is 426. The van der Waals surface area contributed by atoms with Crippen molar-refractivity contribution >= 4 is 17.5 Å². The van der Waals surface area contributed by atoms with Crippen LogP contribution in [0.5, 0.6) is 0 Å². The highest BCUT2D eigenvalue weighted by molar-refractivity contribution is 6.08. The summed E-state index contributed by atoms with van der Waals surface area (Å²) >= 11 is 0. The van der Waals surface area contributed by atoms with Gasteiger partial charge in [0.25, 0.3) is 0 Å². The molecule has 0 spiro atoms. The smallest absolute Gasteiger partial charge is 0.233 e. The zero-order chi connectivity index (χ0) is 13.4. The molecule has 0 aromatic heterocycles. The first-order chi connectivity index (χ1) is 9.22. The lowest BCUT2D eigenvalue weighted by Crippen LogP contribution is -2.41. The molecule has 2 amide bonds. The minimum absolute atomic E-state index is 0.0252. The summed E-state index contributed by atoms with van der Waals surface area (Å²) in [6.45, 7) is 0. The number of fused-ring (bicyclic) bond motifs is 1. The van der Waals surface area contributed by atoms with E-state index in [0.29, 0.717) is 25.0 Å². The Morgan fingerprint density at radius 3 is 2.37 bits per heavy atom. The molecule has 2 aliphatic carbocycles. The normalized spacial score (nSPS) is 34.9. The molecule has 3 aliphatic rings. The molecule has 1 N–H and O–H groups in total. The average molecular weight is 264 g/mol. The van der Waals surface area contributed by atoms with Gasteiger partial charge in [-0.1, -0.05) is 24.4 Å². The summed E-state index contributed by atoms with van der Waals surface area (Å²) in [6, 6.07) is 0.119. The molecule has 3 fully saturated rings. The fourth-order valence-corrected chi connectivity index (χ4v) is 3.83. The van der Waals surface area contributed by atoms with Crippen LogP contribution in [0.1, 0.15) is 51.4 Å². The van der Waals surface area contributed by atoms with Crippen LogP contribution < -0.4 is 0 Å². The zero-order valence-corrected chi connectivity index (χ0v) is 11.0. The lowest BCUT2D eigenvalue weighted by Gasteiger charge is -2.29. The Morgan fingerprint density at radius 1 is 1.00 bits per heavy atom. The predicted molar refractivity (Wildman–Crippen MR) is 68.8 cm³/mol. The number of amides is 2. The molecule has 0 aromatic rings. The van der Waals surface area contributed by atoms with E-state index < -0.39 is 0 Å². The fraction of sp³-hybridized carbons (Fsp3) is 0.786. The van der Waals surface area contributed by atoms with Gasteiger partial charge in [0.15, 0.2) is 0 Å². The second-order valence-corrected chi connectivity index (χ2v) is 5.96.